The minimum atomic E-state index is -0.488. The molecule has 1 amide bonds. The molecule has 7 heteroatoms. The van der Waals surface area contributed by atoms with E-state index in [0.717, 1.165) is 0 Å². The highest BCUT2D eigenvalue weighted by Crippen LogP contribution is 2.24. The molecule has 0 spiro atoms. The van der Waals surface area contributed by atoms with Crippen molar-refractivity contribution in [3.8, 4) is 0 Å². The molecular weight excluding hydrogens is 274 g/mol. The third kappa shape index (κ3) is 3.19. The van der Waals surface area contributed by atoms with Crippen LogP contribution in [0.25, 0.3) is 10.9 Å². The van der Waals surface area contributed by atoms with Gasteiger partial charge in [0.15, 0.2) is 0 Å². The van der Waals surface area contributed by atoms with Crippen LogP contribution in [-0.4, -0.2) is 45.5 Å². The number of H-pyrrole nitrogens is 1. The van der Waals surface area contributed by atoms with E-state index in [1.165, 1.54) is 17.0 Å². The predicted octanol–water partition coefficient (Wildman–Crippen LogP) is 1.92. The Labute approximate surface area is 121 Å². The van der Waals surface area contributed by atoms with Gasteiger partial charge in [0.25, 0.3) is 11.6 Å². The molecule has 0 saturated carbocycles. The topological polar surface area (TPSA) is 99.5 Å². The number of carbonyl (C=O) groups excluding carboxylic acids is 1. The fraction of sp³-hybridized carbons (Fsp3) is 0.357. The number of aromatic amines is 1. The van der Waals surface area contributed by atoms with Crippen LogP contribution in [0.1, 0.15) is 23.7 Å². The molecule has 0 radical (unpaired) electrons. The number of aliphatic hydroxyl groups is 1. The van der Waals surface area contributed by atoms with Crippen LogP contribution in [0.4, 0.5) is 5.69 Å². The summed E-state index contributed by atoms with van der Waals surface area (Å²) in [5.41, 5.74) is 1.01. The summed E-state index contributed by atoms with van der Waals surface area (Å²) in [7, 11) is 1.64. The third-order valence-electron chi connectivity index (χ3n) is 3.34. The quantitative estimate of drug-likeness (QED) is 0.649. The van der Waals surface area contributed by atoms with Gasteiger partial charge in [0.1, 0.15) is 0 Å². The number of nitrogens with one attached hydrogen (secondary N) is 1. The van der Waals surface area contributed by atoms with Gasteiger partial charge in [0.05, 0.1) is 16.6 Å². The summed E-state index contributed by atoms with van der Waals surface area (Å²) in [6, 6.07) is 4.37. The number of hydrogen-bond acceptors (Lipinski definition) is 4. The molecular formula is C14H17N3O4. The first-order chi connectivity index (χ1) is 9.90. The number of carbonyl (C=O) groups is 1. The third-order valence-corrected chi connectivity index (χ3v) is 3.34. The van der Waals surface area contributed by atoms with E-state index in [1.807, 2.05) is 0 Å². The highest BCUT2D eigenvalue weighted by atomic mass is 16.6. The van der Waals surface area contributed by atoms with E-state index in [9.17, 15) is 20.0 Å². The lowest BCUT2D eigenvalue weighted by molar-refractivity contribution is -0.384. The highest BCUT2D eigenvalue weighted by molar-refractivity contribution is 6.07. The number of aromatic nitrogens is 1. The first-order valence-corrected chi connectivity index (χ1v) is 6.59. The zero-order chi connectivity index (χ0) is 15.6. The fourth-order valence-corrected chi connectivity index (χ4v) is 2.09. The molecule has 0 aliphatic rings. The normalized spacial score (nSPS) is 12.3. The number of aliphatic hydroxyl groups excluding tert-OH is 1. The number of fused-ring (bicyclic) bond motifs is 1. The first kappa shape index (κ1) is 15.0. The Hall–Kier alpha value is -2.41. The number of nitro groups is 1. The van der Waals surface area contributed by atoms with Crippen LogP contribution in [0.3, 0.4) is 0 Å². The molecule has 0 saturated heterocycles. The van der Waals surface area contributed by atoms with Gasteiger partial charge in [-0.1, -0.05) is 0 Å². The maximum Gasteiger partial charge on any atom is 0.270 e. The highest BCUT2D eigenvalue weighted by Gasteiger charge is 2.18. The molecule has 7 nitrogen and oxygen atoms in total. The van der Waals surface area contributed by atoms with Crippen LogP contribution in [0, 0.1) is 10.1 Å². The van der Waals surface area contributed by atoms with Crippen molar-refractivity contribution in [3.05, 3.63) is 40.1 Å². The monoisotopic (exact) mass is 291 g/mol. The maximum atomic E-state index is 12.4. The summed E-state index contributed by atoms with van der Waals surface area (Å²) in [5.74, 6) is -0.234. The summed E-state index contributed by atoms with van der Waals surface area (Å²) in [5, 5.41) is 20.6. The second kappa shape index (κ2) is 5.92. The van der Waals surface area contributed by atoms with Gasteiger partial charge in [-0.3, -0.25) is 14.9 Å². The molecule has 0 bridgehead atoms. The number of benzene rings is 1. The summed E-state index contributed by atoms with van der Waals surface area (Å²) in [6.45, 7) is 2.07. The standard InChI is InChI=1S/C14H17N3O4/c1-9(18)5-6-16(2)14(19)12-8-15-13-4-3-10(17(20)21)7-11(12)13/h3-4,7-9,15,18H,5-6H2,1-2H3. The smallest absolute Gasteiger partial charge is 0.270 e. The van der Waals surface area contributed by atoms with Crippen LogP contribution in [0.15, 0.2) is 24.4 Å². The van der Waals surface area contributed by atoms with Crippen LogP contribution in [0.2, 0.25) is 0 Å². The van der Waals surface area contributed by atoms with Gasteiger partial charge in [-0.15, -0.1) is 0 Å². The number of rotatable bonds is 5. The zero-order valence-electron chi connectivity index (χ0n) is 11.9. The number of nitro benzene ring substituents is 1. The van der Waals surface area contributed by atoms with E-state index < -0.39 is 11.0 Å². The van der Waals surface area contributed by atoms with E-state index >= 15 is 0 Å². The average Bonchev–Trinajstić information content (AvgIpc) is 2.86. The molecule has 1 aromatic carbocycles. The molecule has 2 aromatic rings. The van der Waals surface area contributed by atoms with Gasteiger partial charge in [-0.25, -0.2) is 0 Å². The molecule has 0 fully saturated rings. The van der Waals surface area contributed by atoms with E-state index in [2.05, 4.69) is 4.98 Å². The van der Waals surface area contributed by atoms with Crippen molar-refractivity contribution in [2.45, 2.75) is 19.4 Å². The van der Waals surface area contributed by atoms with Gasteiger partial charge >= 0.3 is 0 Å². The van der Waals surface area contributed by atoms with Crippen molar-refractivity contribution in [1.82, 2.24) is 9.88 Å². The zero-order valence-corrected chi connectivity index (χ0v) is 11.9. The number of hydrogen-bond donors (Lipinski definition) is 2. The van der Waals surface area contributed by atoms with Gasteiger partial charge in [0.2, 0.25) is 0 Å². The van der Waals surface area contributed by atoms with Crippen LogP contribution >= 0.6 is 0 Å². The lowest BCUT2D eigenvalue weighted by Gasteiger charge is -2.17. The SMILES string of the molecule is CC(O)CCN(C)C(=O)c1c[nH]c2ccc([N+](=O)[O-])cc12. The predicted molar refractivity (Wildman–Crippen MR) is 78.2 cm³/mol. The van der Waals surface area contributed by atoms with Crippen LogP contribution < -0.4 is 0 Å². The minimum absolute atomic E-state index is 0.0530. The molecule has 1 atom stereocenters. The van der Waals surface area contributed by atoms with Crippen molar-refractivity contribution in [2.24, 2.45) is 0 Å². The van der Waals surface area contributed by atoms with Gasteiger partial charge in [-0.2, -0.15) is 0 Å². The molecule has 0 aliphatic heterocycles. The summed E-state index contributed by atoms with van der Waals surface area (Å²) in [6.07, 6.45) is 1.55. The van der Waals surface area contributed by atoms with Crippen LogP contribution in [0.5, 0.6) is 0 Å². The summed E-state index contributed by atoms with van der Waals surface area (Å²) < 4.78 is 0. The Kier molecular flexibility index (Phi) is 4.23. The van der Waals surface area contributed by atoms with Gasteiger partial charge in [0, 0.05) is 42.8 Å². The molecule has 2 N–H and O–H groups in total. The molecule has 21 heavy (non-hydrogen) atoms. The number of nitrogens with zero attached hydrogens (tertiary/aromatic N) is 2. The molecule has 1 heterocycles. The van der Waals surface area contributed by atoms with E-state index in [4.69, 9.17) is 0 Å². The molecule has 0 aliphatic carbocycles. The minimum Gasteiger partial charge on any atom is -0.393 e. The second-order valence-electron chi connectivity index (χ2n) is 5.05. The number of non-ortho nitro benzene ring substituents is 1. The van der Waals surface area contributed by atoms with Crippen molar-refractivity contribution in [2.75, 3.05) is 13.6 Å². The van der Waals surface area contributed by atoms with Crippen LogP contribution in [-0.2, 0) is 0 Å². The largest absolute Gasteiger partial charge is 0.393 e. The van der Waals surface area contributed by atoms with E-state index in [0.29, 0.717) is 29.4 Å². The van der Waals surface area contributed by atoms with Crippen molar-refractivity contribution in [1.29, 1.82) is 0 Å². The lowest BCUT2D eigenvalue weighted by atomic mass is 10.1. The van der Waals surface area contributed by atoms with E-state index in [-0.39, 0.29) is 11.6 Å². The molecule has 1 unspecified atom stereocenters. The van der Waals surface area contributed by atoms with Crippen molar-refractivity contribution in [3.63, 3.8) is 0 Å². The Morgan fingerprint density at radius 2 is 2.24 bits per heavy atom. The summed E-state index contributed by atoms with van der Waals surface area (Å²) >= 11 is 0. The average molecular weight is 291 g/mol. The Balaban J connectivity index is 2.30. The van der Waals surface area contributed by atoms with Gasteiger partial charge in [-0.05, 0) is 19.4 Å². The second-order valence-corrected chi connectivity index (χ2v) is 5.05. The molecule has 2 rings (SSSR count). The fourth-order valence-electron chi connectivity index (χ4n) is 2.09. The Bertz CT molecular complexity index is 678. The Morgan fingerprint density at radius 1 is 1.52 bits per heavy atom. The molecule has 1 aromatic heterocycles. The van der Waals surface area contributed by atoms with Crippen molar-refractivity contribution >= 4 is 22.5 Å². The maximum absolute atomic E-state index is 12.4. The molecule has 112 valence electrons. The first-order valence-electron chi connectivity index (χ1n) is 6.59. The van der Waals surface area contributed by atoms with E-state index in [1.54, 1.807) is 26.2 Å². The lowest BCUT2D eigenvalue weighted by Crippen LogP contribution is -2.29. The van der Waals surface area contributed by atoms with Crippen molar-refractivity contribution < 1.29 is 14.8 Å². The van der Waals surface area contributed by atoms with Gasteiger partial charge < -0.3 is 15.0 Å². The summed E-state index contributed by atoms with van der Waals surface area (Å²) in [4.78, 5) is 27.1. The Morgan fingerprint density at radius 3 is 2.86 bits per heavy atom. The number of amides is 1.